The van der Waals surface area contributed by atoms with Crippen molar-refractivity contribution in [1.82, 2.24) is 25.1 Å². The van der Waals surface area contributed by atoms with E-state index in [2.05, 4.69) is 37.9 Å². The molecule has 0 bridgehead atoms. The third kappa shape index (κ3) is 8.08. The molecule has 1 aliphatic carbocycles. The molecule has 2 fully saturated rings. The first kappa shape index (κ1) is 30.5. The molecule has 2 aliphatic rings. The Morgan fingerprint density at radius 3 is 2.37 bits per heavy atom. The van der Waals surface area contributed by atoms with Crippen molar-refractivity contribution in [3.05, 3.63) is 41.6 Å². The van der Waals surface area contributed by atoms with E-state index in [0.717, 1.165) is 38.5 Å². The fraction of sp³-hybridized carbons (Fsp3) is 0.586. The average molecular weight is 576 g/mol. The van der Waals surface area contributed by atoms with Crippen molar-refractivity contribution in [3.63, 3.8) is 0 Å². The Kier molecular flexibility index (Phi) is 9.72. The van der Waals surface area contributed by atoms with Crippen molar-refractivity contribution < 1.29 is 22.8 Å². The van der Waals surface area contributed by atoms with Gasteiger partial charge in [-0.05, 0) is 82.4 Å². The molecular weight excluding hydrogens is 535 g/mol. The number of aromatic nitrogens is 2. The Morgan fingerprint density at radius 1 is 1.07 bits per heavy atom. The van der Waals surface area contributed by atoms with Gasteiger partial charge in [0.25, 0.3) is 5.91 Å². The van der Waals surface area contributed by atoms with Crippen LogP contribution in [0.5, 0.6) is 0 Å². The summed E-state index contributed by atoms with van der Waals surface area (Å²) in [5.41, 5.74) is 0.0912. The minimum absolute atomic E-state index is 0.0126. The Morgan fingerprint density at radius 2 is 1.73 bits per heavy atom. The molecule has 1 aromatic carbocycles. The molecule has 0 spiro atoms. The molecule has 1 saturated carbocycles. The number of benzene rings is 1. The molecule has 41 heavy (non-hydrogen) atoms. The number of hydrogen-bond acceptors (Lipinski definition) is 7. The number of anilines is 3. The zero-order valence-electron chi connectivity index (χ0n) is 24.1. The topological polar surface area (TPSA) is 102 Å². The number of amides is 2. The Hall–Kier alpha value is -3.41. The summed E-state index contributed by atoms with van der Waals surface area (Å²) in [4.78, 5) is 37.4. The van der Waals surface area contributed by atoms with Crippen molar-refractivity contribution in [2.45, 2.75) is 76.7 Å². The summed E-state index contributed by atoms with van der Waals surface area (Å²) in [5, 5.41) is 8.85. The molecule has 2 heterocycles. The van der Waals surface area contributed by atoms with Gasteiger partial charge in [0, 0.05) is 49.0 Å². The van der Waals surface area contributed by atoms with Crippen molar-refractivity contribution in [2.24, 2.45) is 5.92 Å². The highest BCUT2D eigenvalue weighted by Crippen LogP contribution is 2.35. The highest BCUT2D eigenvalue weighted by atomic mass is 19.4. The van der Waals surface area contributed by atoms with Gasteiger partial charge in [0.05, 0.1) is 0 Å². The summed E-state index contributed by atoms with van der Waals surface area (Å²) < 4.78 is 41.5. The number of nitrogens with zero attached hydrogens (tertiary/aromatic N) is 4. The molecule has 1 aromatic heterocycles. The third-order valence-corrected chi connectivity index (χ3v) is 7.82. The van der Waals surface area contributed by atoms with Gasteiger partial charge in [0.2, 0.25) is 11.9 Å². The Balaban J connectivity index is 1.45. The second-order valence-corrected chi connectivity index (χ2v) is 11.6. The van der Waals surface area contributed by atoms with E-state index in [-0.39, 0.29) is 47.6 Å². The van der Waals surface area contributed by atoms with Crippen molar-refractivity contribution >= 4 is 29.3 Å². The number of nitrogens with one attached hydrogen (secondary N) is 3. The van der Waals surface area contributed by atoms with Crippen molar-refractivity contribution in [2.75, 3.05) is 37.8 Å². The van der Waals surface area contributed by atoms with Gasteiger partial charge in [-0.1, -0.05) is 13.8 Å². The summed E-state index contributed by atoms with van der Waals surface area (Å²) in [5.74, 6) is -0.352. The number of halogens is 3. The largest absolute Gasteiger partial charge is 0.421 e. The molecule has 224 valence electrons. The van der Waals surface area contributed by atoms with Crippen LogP contribution in [-0.2, 0) is 11.0 Å². The van der Waals surface area contributed by atoms with E-state index < -0.39 is 11.7 Å². The van der Waals surface area contributed by atoms with Crippen LogP contribution in [0.4, 0.5) is 30.6 Å². The Labute approximate surface area is 239 Å². The van der Waals surface area contributed by atoms with Gasteiger partial charge in [-0.15, -0.1) is 0 Å². The van der Waals surface area contributed by atoms with E-state index in [4.69, 9.17) is 0 Å². The van der Waals surface area contributed by atoms with Gasteiger partial charge in [-0.25, -0.2) is 4.98 Å². The quantitative estimate of drug-likeness (QED) is 0.391. The van der Waals surface area contributed by atoms with E-state index in [1.165, 1.54) is 0 Å². The highest BCUT2D eigenvalue weighted by Gasteiger charge is 2.37. The third-order valence-electron chi connectivity index (χ3n) is 7.82. The standard InChI is InChI=1S/C29H40F3N7O2/c1-18(2)16-25(40)35-23-6-5-7-24(23)36-26-22(29(30,31)32)17-33-28(37-26)34-20-10-8-19(9-11-20)27(41)39(4)21-12-14-38(3)15-13-21/h8-11,17-18,21,23-24H,5-7,12-16H2,1-4H3,(H,35,40)(H2,33,34,36,37)/t23-,24+/m0/s1. The van der Waals surface area contributed by atoms with E-state index >= 15 is 0 Å². The molecule has 2 atom stereocenters. The van der Waals surface area contributed by atoms with Crippen LogP contribution in [0.1, 0.15) is 68.3 Å². The molecule has 3 N–H and O–H groups in total. The smallest absolute Gasteiger partial charge is 0.365 e. The first-order valence-electron chi connectivity index (χ1n) is 14.2. The molecule has 9 nitrogen and oxygen atoms in total. The lowest BCUT2D eigenvalue weighted by Gasteiger charge is -2.35. The normalized spacial score (nSPS) is 20.2. The zero-order valence-corrected chi connectivity index (χ0v) is 24.1. The lowest BCUT2D eigenvalue weighted by atomic mass is 10.0. The summed E-state index contributed by atoms with van der Waals surface area (Å²) in [6.07, 6.45) is 0.371. The van der Waals surface area contributed by atoms with E-state index in [1.54, 1.807) is 29.2 Å². The SMILES string of the molecule is CC(C)CC(=O)N[C@H]1CCC[C@H]1Nc1nc(Nc2ccc(C(=O)N(C)C3CCN(C)CC3)cc2)ncc1C(F)(F)F. The summed E-state index contributed by atoms with van der Waals surface area (Å²) in [7, 11) is 3.89. The minimum Gasteiger partial charge on any atom is -0.365 e. The second-order valence-electron chi connectivity index (χ2n) is 11.6. The van der Waals surface area contributed by atoms with Gasteiger partial charge in [0.15, 0.2) is 0 Å². The predicted octanol–water partition coefficient (Wildman–Crippen LogP) is 4.90. The first-order chi connectivity index (χ1) is 19.4. The number of alkyl halides is 3. The van der Waals surface area contributed by atoms with Crippen LogP contribution in [0.3, 0.4) is 0 Å². The van der Waals surface area contributed by atoms with Gasteiger partial charge < -0.3 is 25.8 Å². The van der Waals surface area contributed by atoms with Crippen molar-refractivity contribution in [1.29, 1.82) is 0 Å². The monoisotopic (exact) mass is 575 g/mol. The molecule has 1 saturated heterocycles. The number of hydrogen-bond donors (Lipinski definition) is 3. The van der Waals surface area contributed by atoms with Gasteiger partial charge in [-0.2, -0.15) is 18.2 Å². The number of likely N-dealkylation sites (tertiary alicyclic amines) is 1. The fourth-order valence-electron chi connectivity index (χ4n) is 5.45. The first-order valence-corrected chi connectivity index (χ1v) is 14.2. The van der Waals surface area contributed by atoms with E-state index in [0.29, 0.717) is 30.5 Å². The fourth-order valence-corrected chi connectivity index (χ4v) is 5.45. The van der Waals surface area contributed by atoms with Crippen LogP contribution in [0.15, 0.2) is 30.5 Å². The molecule has 0 unspecified atom stereocenters. The second kappa shape index (κ2) is 13.1. The maximum absolute atomic E-state index is 13.8. The Bertz CT molecular complexity index is 1200. The molecule has 4 rings (SSSR count). The van der Waals surface area contributed by atoms with E-state index in [9.17, 15) is 22.8 Å². The molecule has 2 amide bonds. The van der Waals surface area contributed by atoms with Crippen LogP contribution in [0.25, 0.3) is 0 Å². The molecule has 12 heteroatoms. The van der Waals surface area contributed by atoms with Gasteiger partial charge >= 0.3 is 6.18 Å². The zero-order chi connectivity index (χ0) is 29.7. The summed E-state index contributed by atoms with van der Waals surface area (Å²) in [6, 6.07) is 6.24. The number of carbonyl (C=O) groups is 2. The van der Waals surface area contributed by atoms with Crippen molar-refractivity contribution in [3.8, 4) is 0 Å². The van der Waals surface area contributed by atoms with E-state index in [1.807, 2.05) is 20.9 Å². The lowest BCUT2D eigenvalue weighted by Crippen LogP contribution is -2.44. The van der Waals surface area contributed by atoms with Crippen LogP contribution in [0.2, 0.25) is 0 Å². The van der Waals surface area contributed by atoms with Gasteiger partial charge in [0.1, 0.15) is 11.4 Å². The number of piperidine rings is 1. The van der Waals surface area contributed by atoms with Crippen LogP contribution in [-0.4, -0.2) is 76.9 Å². The molecular formula is C29H40F3N7O2. The minimum atomic E-state index is -4.66. The van der Waals surface area contributed by atoms with Crippen LogP contribution < -0.4 is 16.0 Å². The molecule has 0 radical (unpaired) electrons. The number of rotatable bonds is 9. The number of carbonyl (C=O) groups excluding carboxylic acids is 2. The average Bonchev–Trinajstić information content (AvgIpc) is 3.33. The lowest BCUT2D eigenvalue weighted by molar-refractivity contribution is -0.137. The predicted molar refractivity (Wildman–Crippen MR) is 152 cm³/mol. The summed E-state index contributed by atoms with van der Waals surface area (Å²) >= 11 is 0. The highest BCUT2D eigenvalue weighted by molar-refractivity contribution is 5.94. The maximum atomic E-state index is 13.8. The maximum Gasteiger partial charge on any atom is 0.421 e. The summed E-state index contributed by atoms with van der Waals surface area (Å²) in [6.45, 7) is 5.78. The molecule has 2 aromatic rings. The molecule has 1 aliphatic heterocycles. The van der Waals surface area contributed by atoms with Gasteiger partial charge in [-0.3, -0.25) is 9.59 Å². The van der Waals surface area contributed by atoms with Crippen LogP contribution in [0, 0.1) is 5.92 Å². The van der Waals surface area contributed by atoms with Crippen LogP contribution >= 0.6 is 0 Å².